The lowest BCUT2D eigenvalue weighted by Crippen LogP contribution is -2.35. The van der Waals surface area contributed by atoms with Gasteiger partial charge in [0, 0.05) is 12.1 Å². The molecular formula is C14H22N2O. The van der Waals surface area contributed by atoms with E-state index in [9.17, 15) is 0 Å². The van der Waals surface area contributed by atoms with Gasteiger partial charge in [0.15, 0.2) is 0 Å². The van der Waals surface area contributed by atoms with E-state index < -0.39 is 0 Å². The van der Waals surface area contributed by atoms with E-state index in [2.05, 4.69) is 37.7 Å². The zero-order valence-corrected chi connectivity index (χ0v) is 11.2. The highest BCUT2D eigenvalue weighted by Gasteiger charge is 2.08. The van der Waals surface area contributed by atoms with Crippen molar-refractivity contribution in [2.24, 2.45) is 0 Å². The second kappa shape index (κ2) is 5.82. The van der Waals surface area contributed by atoms with E-state index in [0.717, 1.165) is 23.6 Å². The van der Waals surface area contributed by atoms with E-state index in [-0.39, 0.29) is 5.54 Å². The van der Waals surface area contributed by atoms with Gasteiger partial charge in [-0.2, -0.15) is 0 Å². The van der Waals surface area contributed by atoms with E-state index in [4.69, 9.17) is 4.74 Å². The summed E-state index contributed by atoms with van der Waals surface area (Å²) in [6.07, 6.45) is 1.75. The van der Waals surface area contributed by atoms with Crippen LogP contribution in [-0.4, -0.2) is 17.1 Å². The predicted octanol–water partition coefficient (Wildman–Crippen LogP) is 2.92. The lowest BCUT2D eigenvalue weighted by Gasteiger charge is -2.20. The highest BCUT2D eigenvalue weighted by atomic mass is 16.5. The van der Waals surface area contributed by atoms with Crippen LogP contribution in [0.4, 0.5) is 0 Å². The molecule has 0 aromatic carbocycles. The van der Waals surface area contributed by atoms with Gasteiger partial charge in [0.2, 0.25) is 0 Å². The maximum Gasteiger partial charge on any atom is 0.138 e. The quantitative estimate of drug-likeness (QED) is 0.795. The summed E-state index contributed by atoms with van der Waals surface area (Å²) in [5, 5.41) is 3.39. The van der Waals surface area contributed by atoms with Crippen molar-refractivity contribution in [2.75, 3.05) is 6.61 Å². The Balaban J connectivity index is 2.47. The van der Waals surface area contributed by atoms with Crippen molar-refractivity contribution < 1.29 is 4.74 Å². The molecule has 0 spiro atoms. The molecule has 0 bridgehead atoms. The van der Waals surface area contributed by atoms with Crippen LogP contribution in [0.5, 0.6) is 5.75 Å². The molecule has 0 aliphatic carbocycles. The van der Waals surface area contributed by atoms with E-state index in [1.54, 1.807) is 6.20 Å². The lowest BCUT2D eigenvalue weighted by atomic mass is 10.1. The Kier molecular flexibility index (Phi) is 4.70. The van der Waals surface area contributed by atoms with E-state index in [1.807, 2.05) is 19.1 Å². The van der Waals surface area contributed by atoms with Crippen molar-refractivity contribution in [1.82, 2.24) is 10.3 Å². The third kappa shape index (κ3) is 6.07. The summed E-state index contributed by atoms with van der Waals surface area (Å²) in [7, 11) is 0. The summed E-state index contributed by atoms with van der Waals surface area (Å²) < 4.78 is 5.49. The molecule has 3 heteroatoms. The Hall–Kier alpha value is -1.35. The molecule has 0 radical (unpaired) electrons. The van der Waals surface area contributed by atoms with Crippen molar-refractivity contribution in [3.8, 4) is 5.75 Å². The average Bonchev–Trinajstić information content (AvgIpc) is 2.24. The minimum atomic E-state index is 0.108. The third-order valence-electron chi connectivity index (χ3n) is 2.08. The van der Waals surface area contributed by atoms with Gasteiger partial charge in [-0.05, 0) is 45.4 Å². The monoisotopic (exact) mass is 234 g/mol. The largest absolute Gasteiger partial charge is 0.488 e. The van der Waals surface area contributed by atoms with Gasteiger partial charge in [-0.3, -0.25) is 4.98 Å². The highest BCUT2D eigenvalue weighted by molar-refractivity contribution is 5.20. The molecule has 0 amide bonds. The second-order valence-corrected chi connectivity index (χ2v) is 5.33. The van der Waals surface area contributed by atoms with Gasteiger partial charge >= 0.3 is 0 Å². The predicted molar refractivity (Wildman–Crippen MR) is 71.1 cm³/mol. The van der Waals surface area contributed by atoms with Gasteiger partial charge < -0.3 is 10.1 Å². The van der Waals surface area contributed by atoms with Crippen LogP contribution in [0.2, 0.25) is 0 Å². The Labute approximate surface area is 104 Å². The second-order valence-electron chi connectivity index (χ2n) is 5.33. The van der Waals surface area contributed by atoms with Crippen molar-refractivity contribution in [3.63, 3.8) is 0 Å². The zero-order chi connectivity index (χ0) is 12.9. The van der Waals surface area contributed by atoms with Crippen LogP contribution in [0.15, 0.2) is 30.5 Å². The molecule has 1 rings (SSSR count). The minimum Gasteiger partial charge on any atom is -0.488 e. The Bertz CT molecular complexity index is 363. The van der Waals surface area contributed by atoms with Gasteiger partial charge in [0.25, 0.3) is 0 Å². The molecule has 0 unspecified atom stereocenters. The molecule has 94 valence electrons. The Morgan fingerprint density at radius 3 is 2.59 bits per heavy atom. The van der Waals surface area contributed by atoms with Crippen LogP contribution in [0, 0.1) is 0 Å². The summed E-state index contributed by atoms with van der Waals surface area (Å²) >= 11 is 0. The Morgan fingerprint density at radius 1 is 1.41 bits per heavy atom. The zero-order valence-electron chi connectivity index (χ0n) is 11.2. The SMILES string of the molecule is C=C(C)COc1ccc(CNC(C)(C)C)nc1. The van der Waals surface area contributed by atoms with Crippen LogP contribution in [-0.2, 0) is 6.54 Å². The molecule has 1 aromatic heterocycles. The fourth-order valence-electron chi connectivity index (χ4n) is 1.16. The van der Waals surface area contributed by atoms with Gasteiger partial charge in [-0.15, -0.1) is 0 Å². The first-order valence-corrected chi connectivity index (χ1v) is 5.84. The summed E-state index contributed by atoms with van der Waals surface area (Å²) in [4.78, 5) is 4.34. The number of aromatic nitrogens is 1. The van der Waals surface area contributed by atoms with Gasteiger partial charge in [0.05, 0.1) is 11.9 Å². The minimum absolute atomic E-state index is 0.108. The normalized spacial score (nSPS) is 11.3. The third-order valence-corrected chi connectivity index (χ3v) is 2.08. The molecular weight excluding hydrogens is 212 g/mol. The molecule has 0 aliphatic rings. The van der Waals surface area contributed by atoms with Gasteiger partial charge in [-0.1, -0.05) is 6.58 Å². The number of pyridine rings is 1. The van der Waals surface area contributed by atoms with Crippen molar-refractivity contribution >= 4 is 0 Å². The number of nitrogens with one attached hydrogen (secondary N) is 1. The molecule has 0 aliphatic heterocycles. The number of rotatable bonds is 5. The molecule has 1 aromatic rings. The standard InChI is InChI=1S/C14H22N2O/c1-11(2)10-17-13-7-6-12(15-9-13)8-16-14(3,4)5/h6-7,9,16H,1,8,10H2,2-5H3. The molecule has 1 heterocycles. The molecule has 0 saturated heterocycles. The van der Waals surface area contributed by atoms with Crippen molar-refractivity contribution in [1.29, 1.82) is 0 Å². The van der Waals surface area contributed by atoms with Crippen molar-refractivity contribution in [3.05, 3.63) is 36.2 Å². The fraction of sp³-hybridized carbons (Fsp3) is 0.500. The summed E-state index contributed by atoms with van der Waals surface area (Å²) in [6, 6.07) is 3.92. The molecule has 17 heavy (non-hydrogen) atoms. The van der Waals surface area contributed by atoms with Crippen LogP contribution >= 0.6 is 0 Å². The van der Waals surface area contributed by atoms with Crippen LogP contribution in [0.3, 0.4) is 0 Å². The molecule has 1 N–H and O–H groups in total. The van der Waals surface area contributed by atoms with Crippen molar-refractivity contribution in [2.45, 2.75) is 39.8 Å². The molecule has 0 saturated carbocycles. The summed E-state index contributed by atoms with van der Waals surface area (Å²) in [5.41, 5.74) is 2.13. The first-order chi connectivity index (χ1) is 7.87. The topological polar surface area (TPSA) is 34.1 Å². The fourth-order valence-corrected chi connectivity index (χ4v) is 1.16. The molecule has 0 fully saturated rings. The number of nitrogens with zero attached hydrogens (tertiary/aromatic N) is 1. The molecule has 3 nitrogen and oxygen atoms in total. The summed E-state index contributed by atoms with van der Waals surface area (Å²) in [6.45, 7) is 13.4. The van der Waals surface area contributed by atoms with Crippen LogP contribution in [0.1, 0.15) is 33.4 Å². The number of hydrogen-bond donors (Lipinski definition) is 1. The first kappa shape index (κ1) is 13.7. The number of hydrogen-bond acceptors (Lipinski definition) is 3. The summed E-state index contributed by atoms with van der Waals surface area (Å²) in [5.74, 6) is 0.785. The van der Waals surface area contributed by atoms with E-state index >= 15 is 0 Å². The first-order valence-electron chi connectivity index (χ1n) is 5.84. The van der Waals surface area contributed by atoms with E-state index in [1.165, 1.54) is 0 Å². The Morgan fingerprint density at radius 2 is 2.12 bits per heavy atom. The maximum atomic E-state index is 5.49. The average molecular weight is 234 g/mol. The smallest absolute Gasteiger partial charge is 0.138 e. The van der Waals surface area contributed by atoms with Gasteiger partial charge in [-0.25, -0.2) is 0 Å². The van der Waals surface area contributed by atoms with E-state index in [0.29, 0.717) is 6.61 Å². The lowest BCUT2D eigenvalue weighted by molar-refractivity contribution is 0.350. The highest BCUT2D eigenvalue weighted by Crippen LogP contribution is 2.10. The van der Waals surface area contributed by atoms with Gasteiger partial charge in [0.1, 0.15) is 12.4 Å². The number of ether oxygens (including phenoxy) is 1. The molecule has 0 atom stereocenters. The van der Waals surface area contributed by atoms with Crippen LogP contribution < -0.4 is 10.1 Å². The van der Waals surface area contributed by atoms with Crippen LogP contribution in [0.25, 0.3) is 0 Å². The maximum absolute atomic E-state index is 5.49.